The van der Waals surface area contributed by atoms with Crippen LogP contribution in [0.3, 0.4) is 0 Å². The summed E-state index contributed by atoms with van der Waals surface area (Å²) in [4.78, 5) is 35.8. The molecule has 1 aromatic heterocycles. The SMILES string of the molecule is CC(C)C[C@@H](CNc1nc(N2CCC(CC(N)=O)CC2)nc2c1CSC2C)NC(=O)OC(C)(C)C. The van der Waals surface area contributed by atoms with E-state index in [4.69, 9.17) is 20.4 Å². The van der Waals surface area contributed by atoms with Crippen molar-refractivity contribution < 1.29 is 14.3 Å². The Morgan fingerprint density at radius 1 is 1.23 bits per heavy atom. The van der Waals surface area contributed by atoms with E-state index < -0.39 is 11.7 Å². The maximum absolute atomic E-state index is 12.4. The molecule has 0 saturated carbocycles. The van der Waals surface area contributed by atoms with Crippen molar-refractivity contribution in [3.05, 3.63) is 11.3 Å². The summed E-state index contributed by atoms with van der Waals surface area (Å²) in [6.45, 7) is 14.2. The number of anilines is 2. The topological polar surface area (TPSA) is 122 Å². The van der Waals surface area contributed by atoms with Crippen molar-refractivity contribution in [3.8, 4) is 0 Å². The zero-order valence-corrected chi connectivity index (χ0v) is 22.8. The molecule has 2 atom stereocenters. The first kappa shape index (κ1) is 27.4. The second-order valence-electron chi connectivity index (χ2n) is 11.1. The monoisotopic (exact) mass is 506 g/mol. The normalized spacial score (nSPS) is 19.4. The van der Waals surface area contributed by atoms with Crippen LogP contribution in [0.4, 0.5) is 16.6 Å². The summed E-state index contributed by atoms with van der Waals surface area (Å²) in [5.74, 6) is 2.97. The van der Waals surface area contributed by atoms with E-state index >= 15 is 0 Å². The van der Waals surface area contributed by atoms with Crippen molar-refractivity contribution in [1.29, 1.82) is 0 Å². The Balaban J connectivity index is 1.73. The van der Waals surface area contributed by atoms with Crippen LogP contribution in [0.5, 0.6) is 0 Å². The van der Waals surface area contributed by atoms with E-state index in [-0.39, 0.29) is 11.9 Å². The van der Waals surface area contributed by atoms with E-state index in [2.05, 4.69) is 36.3 Å². The van der Waals surface area contributed by atoms with Gasteiger partial charge < -0.3 is 26.0 Å². The summed E-state index contributed by atoms with van der Waals surface area (Å²) < 4.78 is 5.48. The van der Waals surface area contributed by atoms with Gasteiger partial charge in [-0.3, -0.25) is 4.79 Å². The highest BCUT2D eigenvalue weighted by atomic mass is 32.2. The fraction of sp³-hybridized carbons (Fsp3) is 0.760. The minimum Gasteiger partial charge on any atom is -0.444 e. The van der Waals surface area contributed by atoms with Crippen LogP contribution in [0.2, 0.25) is 0 Å². The number of nitrogens with two attached hydrogens (primary N) is 1. The maximum Gasteiger partial charge on any atom is 0.407 e. The molecule has 4 N–H and O–H groups in total. The molecule has 0 bridgehead atoms. The summed E-state index contributed by atoms with van der Waals surface area (Å²) in [5, 5.41) is 6.87. The molecule has 0 aliphatic carbocycles. The lowest BCUT2D eigenvalue weighted by Gasteiger charge is -2.32. The van der Waals surface area contributed by atoms with E-state index in [1.165, 1.54) is 0 Å². The molecular formula is C25H42N6O3S. The molecule has 10 heteroatoms. The van der Waals surface area contributed by atoms with E-state index in [0.717, 1.165) is 61.1 Å². The molecule has 2 amide bonds. The van der Waals surface area contributed by atoms with Crippen LogP contribution in [-0.2, 0) is 15.3 Å². The molecule has 0 radical (unpaired) electrons. The van der Waals surface area contributed by atoms with E-state index in [1.54, 1.807) is 0 Å². The molecule has 1 saturated heterocycles. The van der Waals surface area contributed by atoms with Gasteiger partial charge in [-0.2, -0.15) is 4.98 Å². The van der Waals surface area contributed by atoms with Crippen LogP contribution in [-0.4, -0.2) is 53.2 Å². The van der Waals surface area contributed by atoms with Gasteiger partial charge >= 0.3 is 6.09 Å². The highest BCUT2D eigenvalue weighted by Gasteiger charge is 2.29. The van der Waals surface area contributed by atoms with Crippen LogP contribution < -0.4 is 21.3 Å². The Labute approximate surface area is 213 Å². The molecule has 3 rings (SSSR count). The van der Waals surface area contributed by atoms with Crippen molar-refractivity contribution in [2.45, 2.75) is 89.9 Å². The zero-order valence-electron chi connectivity index (χ0n) is 22.0. The Morgan fingerprint density at radius 2 is 1.91 bits per heavy atom. The number of alkyl carbamates (subject to hydrolysis) is 1. The Bertz CT molecular complexity index is 896. The summed E-state index contributed by atoms with van der Waals surface area (Å²) in [7, 11) is 0. The van der Waals surface area contributed by atoms with E-state index in [9.17, 15) is 9.59 Å². The van der Waals surface area contributed by atoms with Gasteiger partial charge in [-0.15, -0.1) is 11.8 Å². The van der Waals surface area contributed by atoms with E-state index in [1.807, 2.05) is 32.5 Å². The van der Waals surface area contributed by atoms with Gasteiger partial charge in [-0.25, -0.2) is 9.78 Å². The van der Waals surface area contributed by atoms with Crippen LogP contribution in [0.1, 0.15) is 83.7 Å². The second-order valence-corrected chi connectivity index (χ2v) is 12.5. The summed E-state index contributed by atoms with van der Waals surface area (Å²) >= 11 is 1.86. The van der Waals surface area contributed by atoms with Gasteiger partial charge in [0.25, 0.3) is 0 Å². The smallest absolute Gasteiger partial charge is 0.407 e. The number of carbonyl (C=O) groups is 2. The minimum absolute atomic E-state index is 0.0880. The first-order valence-corrected chi connectivity index (χ1v) is 13.7. The number of carbonyl (C=O) groups excluding carboxylic acids is 2. The molecule has 1 unspecified atom stereocenters. The van der Waals surface area contributed by atoms with Crippen LogP contribution in [0.25, 0.3) is 0 Å². The number of fused-ring (bicyclic) bond motifs is 1. The van der Waals surface area contributed by atoms with E-state index in [0.29, 0.717) is 30.1 Å². The lowest BCUT2D eigenvalue weighted by molar-refractivity contribution is -0.119. The second kappa shape index (κ2) is 11.7. The molecule has 2 aliphatic rings. The number of ether oxygens (including phenoxy) is 1. The third-order valence-corrected chi connectivity index (χ3v) is 7.45. The molecule has 0 spiro atoms. The number of piperidine rings is 1. The average molecular weight is 507 g/mol. The molecule has 1 fully saturated rings. The molecule has 196 valence electrons. The van der Waals surface area contributed by atoms with Crippen LogP contribution in [0.15, 0.2) is 0 Å². The van der Waals surface area contributed by atoms with Crippen molar-refractivity contribution in [2.24, 2.45) is 17.6 Å². The Hall–Kier alpha value is -2.23. The van der Waals surface area contributed by atoms with Gasteiger partial charge in [-0.05, 0) is 58.8 Å². The van der Waals surface area contributed by atoms with Gasteiger partial charge in [0.05, 0.1) is 5.69 Å². The van der Waals surface area contributed by atoms with Crippen molar-refractivity contribution in [2.75, 3.05) is 29.9 Å². The number of nitrogens with zero attached hydrogens (tertiary/aromatic N) is 3. The number of hydrogen-bond donors (Lipinski definition) is 3. The van der Waals surface area contributed by atoms with Crippen molar-refractivity contribution in [3.63, 3.8) is 0 Å². The number of nitrogens with one attached hydrogen (secondary N) is 2. The largest absolute Gasteiger partial charge is 0.444 e. The first-order valence-electron chi connectivity index (χ1n) is 12.7. The van der Waals surface area contributed by atoms with Crippen molar-refractivity contribution >= 4 is 35.5 Å². The summed E-state index contributed by atoms with van der Waals surface area (Å²) in [6.07, 6.45) is 2.69. The Kier molecular flexibility index (Phi) is 9.12. The molecular weight excluding hydrogens is 464 g/mol. The maximum atomic E-state index is 12.4. The molecule has 0 aromatic carbocycles. The standard InChI is InChI=1S/C25H42N6O3S/c1-15(2)11-18(28-24(33)34-25(4,5)6)13-27-22-19-14-35-16(3)21(19)29-23(30-22)31-9-7-17(8-10-31)12-20(26)32/h15-18H,7-14H2,1-6H3,(H2,26,32)(H,28,33)(H,27,29,30)/t16?,18-/m0/s1. The van der Waals surface area contributed by atoms with Gasteiger partial charge in [0.15, 0.2) is 0 Å². The number of thioether (sulfide) groups is 1. The van der Waals surface area contributed by atoms with Crippen LogP contribution in [0, 0.1) is 11.8 Å². The lowest BCUT2D eigenvalue weighted by atomic mass is 9.93. The third-order valence-electron chi connectivity index (χ3n) is 6.27. The van der Waals surface area contributed by atoms with Gasteiger partial charge in [0.2, 0.25) is 11.9 Å². The number of rotatable bonds is 9. The molecule has 1 aromatic rings. The number of primary amides is 1. The molecule has 3 heterocycles. The fourth-order valence-corrected chi connectivity index (χ4v) is 5.67. The van der Waals surface area contributed by atoms with Crippen molar-refractivity contribution in [1.82, 2.24) is 15.3 Å². The zero-order chi connectivity index (χ0) is 25.8. The summed E-state index contributed by atoms with van der Waals surface area (Å²) in [5.41, 5.74) is 7.08. The average Bonchev–Trinajstić information content (AvgIpc) is 3.11. The summed E-state index contributed by atoms with van der Waals surface area (Å²) in [6, 6.07) is -0.0880. The quantitative estimate of drug-likeness (QED) is 0.455. The van der Waals surface area contributed by atoms with Crippen LogP contribution >= 0.6 is 11.8 Å². The van der Waals surface area contributed by atoms with Gasteiger partial charge in [0.1, 0.15) is 11.4 Å². The third kappa shape index (κ3) is 8.15. The number of aromatic nitrogens is 2. The van der Waals surface area contributed by atoms with Gasteiger partial charge in [-0.1, -0.05) is 13.8 Å². The highest BCUT2D eigenvalue weighted by Crippen LogP contribution is 2.43. The number of hydrogen-bond acceptors (Lipinski definition) is 8. The minimum atomic E-state index is -0.541. The number of amides is 2. The molecule has 35 heavy (non-hydrogen) atoms. The Morgan fingerprint density at radius 3 is 2.51 bits per heavy atom. The highest BCUT2D eigenvalue weighted by molar-refractivity contribution is 7.99. The first-order chi connectivity index (χ1) is 16.4. The van der Waals surface area contributed by atoms with Gasteiger partial charge in [0, 0.05) is 48.7 Å². The lowest BCUT2D eigenvalue weighted by Crippen LogP contribution is -2.43. The predicted octanol–water partition coefficient (Wildman–Crippen LogP) is 4.23. The molecule has 2 aliphatic heterocycles. The predicted molar refractivity (Wildman–Crippen MR) is 142 cm³/mol. The molecule has 9 nitrogen and oxygen atoms in total. The fourth-order valence-electron chi connectivity index (χ4n) is 4.62.